The third kappa shape index (κ3) is 1.91. The van der Waals surface area contributed by atoms with Crippen LogP contribution in [0, 0.1) is 0 Å². The van der Waals surface area contributed by atoms with Crippen LogP contribution in [0.1, 0.15) is 5.56 Å². The molecule has 1 aromatic rings. The van der Waals surface area contributed by atoms with Crippen molar-refractivity contribution in [1.82, 2.24) is 0 Å². The highest BCUT2D eigenvalue weighted by Gasteiger charge is 2.42. The van der Waals surface area contributed by atoms with Gasteiger partial charge < -0.3 is 5.11 Å². The molecule has 13 heavy (non-hydrogen) atoms. The largest absolute Gasteiger partial charge is 0.508 e. The highest BCUT2D eigenvalue weighted by Crippen LogP contribution is 2.34. The maximum absolute atomic E-state index is 12.6. The molecular formula is C8H6F4O. The summed E-state index contributed by atoms with van der Waals surface area (Å²) in [5, 5.41) is 8.73. The summed E-state index contributed by atoms with van der Waals surface area (Å²) < 4.78 is 48.7. The third-order valence-electron chi connectivity index (χ3n) is 1.53. The number of aromatic hydroxyl groups is 1. The van der Waals surface area contributed by atoms with Crippen molar-refractivity contribution in [2.24, 2.45) is 0 Å². The average molecular weight is 194 g/mol. The van der Waals surface area contributed by atoms with Crippen LogP contribution in [0.3, 0.4) is 0 Å². The Labute approximate surface area is 71.6 Å². The second-order valence-electron chi connectivity index (χ2n) is 2.47. The number of phenolic OH excluding ortho intramolecular Hbond substituents is 1. The van der Waals surface area contributed by atoms with E-state index in [0.717, 1.165) is 24.3 Å². The maximum atomic E-state index is 12.6. The van der Waals surface area contributed by atoms with Crippen LogP contribution < -0.4 is 0 Å². The number of halogens is 4. The third-order valence-corrected chi connectivity index (χ3v) is 1.53. The monoisotopic (exact) mass is 194 g/mol. The standard InChI is InChI=1S/C8H6F4O/c9-7(10)8(11,12)5-1-3-6(13)4-2-5/h1-4,7,13H. The van der Waals surface area contributed by atoms with E-state index >= 15 is 0 Å². The summed E-state index contributed by atoms with van der Waals surface area (Å²) in [7, 11) is 0. The summed E-state index contributed by atoms with van der Waals surface area (Å²) in [6.45, 7) is 0. The van der Waals surface area contributed by atoms with Gasteiger partial charge in [0.25, 0.3) is 0 Å². The van der Waals surface area contributed by atoms with Crippen LogP contribution in [0.5, 0.6) is 5.75 Å². The Morgan fingerprint density at radius 1 is 1.08 bits per heavy atom. The lowest BCUT2D eigenvalue weighted by Gasteiger charge is -2.14. The number of rotatable bonds is 2. The molecule has 0 aliphatic carbocycles. The summed E-state index contributed by atoms with van der Waals surface area (Å²) in [5.74, 6) is -4.40. The van der Waals surface area contributed by atoms with Crippen molar-refractivity contribution in [3.63, 3.8) is 0 Å². The fourth-order valence-corrected chi connectivity index (χ4v) is 0.810. The van der Waals surface area contributed by atoms with Gasteiger partial charge >= 0.3 is 12.3 Å². The van der Waals surface area contributed by atoms with Crippen LogP contribution in [0.4, 0.5) is 17.6 Å². The van der Waals surface area contributed by atoms with Crippen molar-refractivity contribution in [1.29, 1.82) is 0 Å². The van der Waals surface area contributed by atoms with E-state index in [0.29, 0.717) is 0 Å². The Hall–Kier alpha value is -1.26. The summed E-state index contributed by atoms with van der Waals surface area (Å²) >= 11 is 0. The lowest BCUT2D eigenvalue weighted by molar-refractivity contribution is -0.135. The maximum Gasteiger partial charge on any atom is 0.332 e. The smallest absolute Gasteiger partial charge is 0.332 e. The molecule has 0 unspecified atom stereocenters. The van der Waals surface area contributed by atoms with Crippen LogP contribution in [0.25, 0.3) is 0 Å². The molecule has 0 spiro atoms. The molecule has 0 aliphatic rings. The number of hydrogen-bond donors (Lipinski definition) is 1. The normalized spacial score (nSPS) is 12.1. The number of benzene rings is 1. The molecule has 1 nitrogen and oxygen atoms in total. The summed E-state index contributed by atoms with van der Waals surface area (Å²) in [4.78, 5) is 0. The Morgan fingerprint density at radius 3 is 1.92 bits per heavy atom. The van der Waals surface area contributed by atoms with Gasteiger partial charge in [-0.05, 0) is 24.3 Å². The van der Waals surface area contributed by atoms with Crippen LogP contribution >= 0.6 is 0 Å². The predicted octanol–water partition coefficient (Wildman–Crippen LogP) is 2.75. The van der Waals surface area contributed by atoms with Gasteiger partial charge in [-0.2, -0.15) is 8.78 Å². The number of phenols is 1. The van der Waals surface area contributed by atoms with Crippen LogP contribution in [0.15, 0.2) is 24.3 Å². The van der Waals surface area contributed by atoms with Gasteiger partial charge in [0, 0.05) is 5.56 Å². The van der Waals surface area contributed by atoms with Crippen molar-refractivity contribution in [2.45, 2.75) is 12.3 Å². The molecule has 0 radical (unpaired) electrons. The molecule has 0 saturated heterocycles. The fourth-order valence-electron chi connectivity index (χ4n) is 0.810. The van der Waals surface area contributed by atoms with Gasteiger partial charge in [-0.15, -0.1) is 0 Å². The Balaban J connectivity index is 3.01. The van der Waals surface area contributed by atoms with Crippen molar-refractivity contribution in [3.8, 4) is 5.75 Å². The Kier molecular flexibility index (Phi) is 2.45. The molecule has 5 heteroatoms. The zero-order valence-corrected chi connectivity index (χ0v) is 6.35. The fraction of sp³-hybridized carbons (Fsp3) is 0.250. The van der Waals surface area contributed by atoms with Crippen molar-refractivity contribution < 1.29 is 22.7 Å². The van der Waals surface area contributed by atoms with Gasteiger partial charge in [0.1, 0.15) is 5.75 Å². The Morgan fingerprint density at radius 2 is 1.54 bits per heavy atom. The van der Waals surface area contributed by atoms with E-state index in [1.165, 1.54) is 0 Å². The molecule has 1 rings (SSSR count). The molecular weight excluding hydrogens is 188 g/mol. The first-order valence-electron chi connectivity index (χ1n) is 3.40. The SMILES string of the molecule is Oc1ccc(C(F)(F)C(F)F)cc1. The molecule has 72 valence electrons. The van der Waals surface area contributed by atoms with Crippen LogP contribution in [-0.4, -0.2) is 11.5 Å². The van der Waals surface area contributed by atoms with Gasteiger partial charge in [-0.3, -0.25) is 0 Å². The molecule has 1 aromatic carbocycles. The molecule has 1 N–H and O–H groups in total. The van der Waals surface area contributed by atoms with Crippen molar-refractivity contribution >= 4 is 0 Å². The molecule has 0 heterocycles. The van der Waals surface area contributed by atoms with Gasteiger partial charge in [0.15, 0.2) is 0 Å². The lowest BCUT2D eigenvalue weighted by atomic mass is 10.1. The molecule has 0 aliphatic heterocycles. The summed E-state index contributed by atoms with van der Waals surface area (Å²) in [6, 6.07) is 3.40. The second-order valence-corrected chi connectivity index (χ2v) is 2.47. The van der Waals surface area contributed by atoms with E-state index in [1.54, 1.807) is 0 Å². The Bertz CT molecular complexity index is 281. The first kappa shape index (κ1) is 9.83. The van der Waals surface area contributed by atoms with Crippen molar-refractivity contribution in [3.05, 3.63) is 29.8 Å². The lowest BCUT2D eigenvalue weighted by Crippen LogP contribution is -2.23. The van der Waals surface area contributed by atoms with E-state index in [-0.39, 0.29) is 5.75 Å². The van der Waals surface area contributed by atoms with Gasteiger partial charge in [0.2, 0.25) is 0 Å². The molecule has 0 aromatic heterocycles. The highest BCUT2D eigenvalue weighted by atomic mass is 19.3. The first-order chi connectivity index (χ1) is 5.94. The highest BCUT2D eigenvalue weighted by molar-refractivity contribution is 5.28. The van der Waals surface area contributed by atoms with E-state index in [9.17, 15) is 17.6 Å². The van der Waals surface area contributed by atoms with E-state index in [2.05, 4.69) is 0 Å². The molecule has 0 saturated carbocycles. The van der Waals surface area contributed by atoms with Crippen molar-refractivity contribution in [2.75, 3.05) is 0 Å². The minimum absolute atomic E-state index is 0.242. The quantitative estimate of drug-likeness (QED) is 0.717. The molecule has 0 amide bonds. The molecule has 0 atom stereocenters. The van der Waals surface area contributed by atoms with E-state index in [1.807, 2.05) is 0 Å². The van der Waals surface area contributed by atoms with Gasteiger partial charge in [0.05, 0.1) is 0 Å². The van der Waals surface area contributed by atoms with Crippen LogP contribution in [0.2, 0.25) is 0 Å². The minimum Gasteiger partial charge on any atom is -0.508 e. The summed E-state index contributed by atoms with van der Waals surface area (Å²) in [5.41, 5.74) is -0.805. The zero-order valence-electron chi connectivity index (χ0n) is 6.35. The molecule has 0 bridgehead atoms. The van der Waals surface area contributed by atoms with Gasteiger partial charge in [-0.1, -0.05) is 0 Å². The van der Waals surface area contributed by atoms with E-state index in [4.69, 9.17) is 5.11 Å². The summed E-state index contributed by atoms with van der Waals surface area (Å²) in [6.07, 6.45) is -3.74. The van der Waals surface area contributed by atoms with E-state index < -0.39 is 17.9 Å². The zero-order chi connectivity index (χ0) is 10.1. The number of alkyl halides is 4. The second kappa shape index (κ2) is 3.24. The minimum atomic E-state index is -4.16. The average Bonchev–Trinajstić information content (AvgIpc) is 2.04. The topological polar surface area (TPSA) is 20.2 Å². The molecule has 0 fully saturated rings. The predicted molar refractivity (Wildman–Crippen MR) is 38.0 cm³/mol. The number of hydrogen-bond acceptors (Lipinski definition) is 1. The van der Waals surface area contributed by atoms with Crippen LogP contribution in [-0.2, 0) is 5.92 Å². The first-order valence-corrected chi connectivity index (χ1v) is 3.40. The van der Waals surface area contributed by atoms with Gasteiger partial charge in [-0.25, -0.2) is 8.78 Å².